The molecule has 0 aliphatic carbocycles. The summed E-state index contributed by atoms with van der Waals surface area (Å²) in [5, 5.41) is 0. The molecule has 1 saturated heterocycles. The van der Waals surface area contributed by atoms with E-state index in [-0.39, 0.29) is 22.3 Å². The molecule has 0 radical (unpaired) electrons. The van der Waals surface area contributed by atoms with Crippen LogP contribution in [0.3, 0.4) is 0 Å². The summed E-state index contributed by atoms with van der Waals surface area (Å²) in [4.78, 5) is 0.0240. The molecule has 22 heavy (non-hydrogen) atoms. The van der Waals surface area contributed by atoms with Gasteiger partial charge in [-0.3, -0.25) is 0 Å². The van der Waals surface area contributed by atoms with Gasteiger partial charge < -0.3 is 19.9 Å². The first-order chi connectivity index (χ1) is 10.5. The zero-order chi connectivity index (χ0) is 16.3. The molecule has 0 spiro atoms. The van der Waals surface area contributed by atoms with Gasteiger partial charge in [0, 0.05) is 25.2 Å². The Hall–Kier alpha value is -1.51. The Bertz CT molecular complexity index is 607. The molecule has 0 aromatic heterocycles. The highest BCUT2D eigenvalue weighted by Crippen LogP contribution is 2.40. The Morgan fingerprint density at radius 1 is 1.18 bits per heavy atom. The quantitative estimate of drug-likeness (QED) is 0.825. The van der Waals surface area contributed by atoms with Crippen LogP contribution in [0.1, 0.15) is 6.42 Å². The molecule has 0 bridgehead atoms. The monoisotopic (exact) mass is 330 g/mol. The maximum Gasteiger partial charge on any atom is 0.250 e. The lowest BCUT2D eigenvalue weighted by Crippen LogP contribution is -2.30. The second-order valence-corrected chi connectivity index (χ2v) is 6.99. The summed E-state index contributed by atoms with van der Waals surface area (Å²) in [5.74, 6) is 1.05. The largest absolute Gasteiger partial charge is 0.496 e. The van der Waals surface area contributed by atoms with Crippen molar-refractivity contribution >= 4 is 10.0 Å². The van der Waals surface area contributed by atoms with Crippen LogP contribution < -0.4 is 19.9 Å². The molecule has 8 heteroatoms. The average molecular weight is 330 g/mol. The number of rotatable bonds is 6. The van der Waals surface area contributed by atoms with Crippen molar-refractivity contribution in [2.75, 3.05) is 41.0 Å². The molecule has 1 aromatic rings. The van der Waals surface area contributed by atoms with Crippen molar-refractivity contribution in [1.29, 1.82) is 0 Å². The summed E-state index contributed by atoms with van der Waals surface area (Å²) in [5.41, 5.74) is 5.64. The van der Waals surface area contributed by atoms with Crippen molar-refractivity contribution in [3.05, 3.63) is 12.1 Å². The highest BCUT2D eigenvalue weighted by Gasteiger charge is 2.36. The molecule has 1 fully saturated rings. The highest BCUT2D eigenvalue weighted by molar-refractivity contribution is 7.89. The maximum atomic E-state index is 12.9. The summed E-state index contributed by atoms with van der Waals surface area (Å²) in [6.07, 6.45) is 0.760. The number of hydrogen-bond acceptors (Lipinski definition) is 6. The zero-order valence-corrected chi connectivity index (χ0v) is 13.9. The molecular formula is C14H22N2O5S. The molecule has 0 saturated carbocycles. The Morgan fingerprint density at radius 2 is 1.77 bits per heavy atom. The highest BCUT2D eigenvalue weighted by atomic mass is 32.2. The molecule has 7 nitrogen and oxygen atoms in total. The minimum absolute atomic E-state index is 0.0240. The van der Waals surface area contributed by atoms with E-state index in [0.29, 0.717) is 25.4 Å². The third kappa shape index (κ3) is 2.99. The lowest BCUT2D eigenvalue weighted by atomic mass is 10.1. The summed E-state index contributed by atoms with van der Waals surface area (Å²) >= 11 is 0. The molecule has 0 amide bonds. The molecular weight excluding hydrogens is 308 g/mol. The van der Waals surface area contributed by atoms with Gasteiger partial charge >= 0.3 is 0 Å². The van der Waals surface area contributed by atoms with Gasteiger partial charge in [0.1, 0.15) is 17.2 Å². The maximum absolute atomic E-state index is 12.9. The molecule has 1 aliphatic rings. The fourth-order valence-electron chi connectivity index (χ4n) is 2.56. The van der Waals surface area contributed by atoms with Crippen molar-refractivity contribution in [3.63, 3.8) is 0 Å². The molecule has 1 aliphatic heterocycles. The second-order valence-electron chi connectivity index (χ2n) is 5.11. The fraction of sp³-hybridized carbons (Fsp3) is 0.571. The molecule has 1 heterocycles. The van der Waals surface area contributed by atoms with Crippen molar-refractivity contribution in [2.24, 2.45) is 11.7 Å². The molecule has 1 aromatic carbocycles. The molecule has 2 rings (SSSR count). The molecule has 1 unspecified atom stereocenters. The zero-order valence-electron chi connectivity index (χ0n) is 13.0. The van der Waals surface area contributed by atoms with E-state index in [1.165, 1.54) is 37.8 Å². The van der Waals surface area contributed by atoms with Crippen LogP contribution in [0.5, 0.6) is 17.2 Å². The lowest BCUT2D eigenvalue weighted by Gasteiger charge is -2.20. The van der Waals surface area contributed by atoms with Crippen molar-refractivity contribution < 1.29 is 22.6 Å². The van der Waals surface area contributed by atoms with Gasteiger partial charge in [-0.25, -0.2) is 8.42 Å². The van der Waals surface area contributed by atoms with E-state index >= 15 is 0 Å². The Kier molecular flexibility index (Phi) is 5.15. The Morgan fingerprint density at radius 3 is 2.18 bits per heavy atom. The number of hydrogen-bond donors (Lipinski definition) is 1. The predicted molar refractivity (Wildman–Crippen MR) is 82.0 cm³/mol. The standard InChI is InChI=1S/C14H22N2O5S/c1-19-11-6-12(20-2)14(13(7-11)21-3)22(17,18)16-5-4-10(8-15)9-16/h6-7,10H,4-5,8-9,15H2,1-3H3. The van der Waals surface area contributed by atoms with E-state index in [2.05, 4.69) is 0 Å². The second kappa shape index (κ2) is 6.72. The van der Waals surface area contributed by atoms with Crippen LogP contribution in [-0.2, 0) is 10.0 Å². The Labute approximate surface area is 131 Å². The first-order valence-corrected chi connectivity index (χ1v) is 8.42. The Balaban J connectivity index is 2.50. The van der Waals surface area contributed by atoms with Gasteiger partial charge in [-0.2, -0.15) is 4.31 Å². The smallest absolute Gasteiger partial charge is 0.250 e. The fourth-order valence-corrected chi connectivity index (χ4v) is 4.37. The van der Waals surface area contributed by atoms with Gasteiger partial charge in [0.25, 0.3) is 0 Å². The van der Waals surface area contributed by atoms with Gasteiger partial charge in [0.15, 0.2) is 4.90 Å². The van der Waals surface area contributed by atoms with Crippen LogP contribution in [0, 0.1) is 5.92 Å². The van der Waals surface area contributed by atoms with E-state index in [4.69, 9.17) is 19.9 Å². The van der Waals surface area contributed by atoms with Crippen LogP contribution in [0.2, 0.25) is 0 Å². The van der Waals surface area contributed by atoms with Crippen LogP contribution in [-0.4, -0.2) is 53.7 Å². The van der Waals surface area contributed by atoms with Crippen molar-refractivity contribution in [3.8, 4) is 17.2 Å². The van der Waals surface area contributed by atoms with Crippen LogP contribution in [0.15, 0.2) is 17.0 Å². The lowest BCUT2D eigenvalue weighted by molar-refractivity contribution is 0.355. The number of benzene rings is 1. The predicted octanol–water partition coefficient (Wildman–Crippen LogP) is 0.682. The summed E-state index contributed by atoms with van der Waals surface area (Å²) in [6.45, 7) is 1.34. The van der Waals surface area contributed by atoms with E-state index in [0.717, 1.165) is 6.42 Å². The summed E-state index contributed by atoms with van der Waals surface area (Å²) in [6, 6.07) is 3.07. The van der Waals surface area contributed by atoms with Crippen molar-refractivity contribution in [2.45, 2.75) is 11.3 Å². The number of nitrogens with zero attached hydrogens (tertiary/aromatic N) is 1. The SMILES string of the molecule is COc1cc(OC)c(S(=O)(=O)N2CCC(CN)C2)c(OC)c1. The molecule has 124 valence electrons. The first-order valence-electron chi connectivity index (χ1n) is 6.98. The van der Waals surface area contributed by atoms with E-state index in [1.807, 2.05) is 0 Å². The van der Waals surface area contributed by atoms with E-state index < -0.39 is 10.0 Å². The molecule has 1 atom stereocenters. The van der Waals surface area contributed by atoms with Crippen molar-refractivity contribution in [1.82, 2.24) is 4.31 Å². The summed E-state index contributed by atoms with van der Waals surface area (Å²) in [7, 11) is 0.608. The van der Waals surface area contributed by atoms with E-state index in [9.17, 15) is 8.42 Å². The van der Waals surface area contributed by atoms with Gasteiger partial charge in [0.05, 0.1) is 21.3 Å². The summed E-state index contributed by atoms with van der Waals surface area (Å²) < 4.78 is 42.9. The number of nitrogens with two attached hydrogens (primary N) is 1. The normalized spacial score (nSPS) is 19.2. The van der Waals surface area contributed by atoms with Gasteiger partial charge in [-0.05, 0) is 18.9 Å². The minimum Gasteiger partial charge on any atom is -0.496 e. The van der Waals surface area contributed by atoms with E-state index in [1.54, 1.807) is 0 Å². The number of methoxy groups -OCH3 is 3. The minimum atomic E-state index is -3.72. The van der Waals surface area contributed by atoms with Gasteiger partial charge in [0.2, 0.25) is 10.0 Å². The van der Waals surface area contributed by atoms with Crippen LogP contribution >= 0.6 is 0 Å². The number of ether oxygens (including phenoxy) is 3. The average Bonchev–Trinajstić information content (AvgIpc) is 3.03. The number of sulfonamides is 1. The first kappa shape index (κ1) is 16.9. The topological polar surface area (TPSA) is 91.1 Å². The molecule has 2 N–H and O–H groups in total. The van der Waals surface area contributed by atoms with Crippen LogP contribution in [0.25, 0.3) is 0 Å². The van der Waals surface area contributed by atoms with Gasteiger partial charge in [-0.1, -0.05) is 0 Å². The van der Waals surface area contributed by atoms with Crippen LogP contribution in [0.4, 0.5) is 0 Å². The third-order valence-corrected chi connectivity index (χ3v) is 5.78. The van der Waals surface area contributed by atoms with Gasteiger partial charge in [-0.15, -0.1) is 0 Å². The third-order valence-electron chi connectivity index (χ3n) is 3.85.